The third-order valence-corrected chi connectivity index (χ3v) is 3.51. The van der Waals surface area contributed by atoms with Gasteiger partial charge in [-0.25, -0.2) is 4.98 Å². The highest BCUT2D eigenvalue weighted by molar-refractivity contribution is 6.30. The quantitative estimate of drug-likeness (QED) is 0.781. The summed E-state index contributed by atoms with van der Waals surface area (Å²) in [6, 6.07) is 10.6. The molecule has 0 radical (unpaired) electrons. The predicted octanol–water partition coefficient (Wildman–Crippen LogP) is 4.12. The third-order valence-electron chi connectivity index (χ3n) is 3.27. The highest BCUT2D eigenvalue weighted by Crippen LogP contribution is 2.22. The molecule has 3 aromatic rings. The number of fused-ring (bicyclic) bond motifs is 1. The maximum absolute atomic E-state index is 12.0. The van der Waals surface area contributed by atoms with Gasteiger partial charge in [0.15, 0.2) is 18.1 Å². The highest BCUT2D eigenvalue weighted by atomic mass is 35.5. The van der Waals surface area contributed by atoms with Gasteiger partial charge in [-0.3, -0.25) is 4.79 Å². The number of carbonyl (C=O) groups excluding carboxylic acids is 1. The molecule has 1 aromatic heterocycles. The van der Waals surface area contributed by atoms with Crippen LogP contribution in [-0.2, 0) is 4.79 Å². The Morgan fingerprint density at radius 2 is 2.09 bits per heavy atom. The van der Waals surface area contributed by atoms with Crippen molar-refractivity contribution in [2.24, 2.45) is 0 Å². The smallest absolute Gasteiger partial charge is 0.262 e. The fourth-order valence-corrected chi connectivity index (χ4v) is 2.46. The monoisotopic (exact) mass is 330 g/mol. The fourth-order valence-electron chi connectivity index (χ4n) is 2.24. The number of hydrogen-bond donors (Lipinski definition) is 1. The number of oxazole rings is 1. The Morgan fingerprint density at radius 3 is 2.87 bits per heavy atom. The normalized spacial score (nSPS) is 10.7. The summed E-state index contributed by atoms with van der Waals surface area (Å²) in [7, 11) is 0. The number of nitrogens with one attached hydrogen (secondary N) is 1. The Kier molecular flexibility index (Phi) is 4.21. The Morgan fingerprint density at radius 1 is 1.26 bits per heavy atom. The minimum atomic E-state index is -0.251. The second-order valence-corrected chi connectivity index (χ2v) is 5.60. The van der Waals surface area contributed by atoms with Crippen LogP contribution in [-0.4, -0.2) is 17.5 Å². The molecule has 0 unspecified atom stereocenters. The molecule has 1 heterocycles. The molecule has 118 valence electrons. The first kappa shape index (κ1) is 15.4. The molecule has 1 amide bonds. The van der Waals surface area contributed by atoms with Gasteiger partial charge in [-0.1, -0.05) is 11.6 Å². The summed E-state index contributed by atoms with van der Waals surface area (Å²) < 4.78 is 10.9. The maximum Gasteiger partial charge on any atom is 0.262 e. The fraction of sp³-hybridized carbons (Fsp3) is 0.176. The molecule has 0 saturated heterocycles. The van der Waals surface area contributed by atoms with Crippen LogP contribution in [0.2, 0.25) is 5.02 Å². The predicted molar refractivity (Wildman–Crippen MR) is 89.1 cm³/mol. The number of anilines is 1. The van der Waals surface area contributed by atoms with Gasteiger partial charge < -0.3 is 14.5 Å². The summed E-state index contributed by atoms with van der Waals surface area (Å²) in [5.74, 6) is 0.969. The molecule has 23 heavy (non-hydrogen) atoms. The number of nitrogens with zero attached hydrogens (tertiary/aromatic N) is 1. The Balaban J connectivity index is 1.63. The van der Waals surface area contributed by atoms with Crippen LogP contribution in [0.15, 0.2) is 40.8 Å². The van der Waals surface area contributed by atoms with Gasteiger partial charge in [0.05, 0.1) is 0 Å². The molecule has 0 bridgehead atoms. The molecule has 6 heteroatoms. The number of aryl methyl sites for hydroxylation is 2. The van der Waals surface area contributed by atoms with E-state index in [2.05, 4.69) is 10.3 Å². The van der Waals surface area contributed by atoms with E-state index in [1.807, 2.05) is 6.92 Å². The summed E-state index contributed by atoms with van der Waals surface area (Å²) >= 11 is 5.89. The van der Waals surface area contributed by atoms with Crippen LogP contribution in [0.5, 0.6) is 5.75 Å². The second kappa shape index (κ2) is 6.30. The van der Waals surface area contributed by atoms with E-state index in [-0.39, 0.29) is 12.5 Å². The lowest BCUT2D eigenvalue weighted by Gasteiger charge is -2.09. The minimum absolute atomic E-state index is 0.0850. The standard InChI is InChI=1S/C17H15ClN2O3/c1-10-7-12(18)3-5-15(10)22-9-17(21)20-13-4-6-16-14(8-13)19-11(2)23-16/h3-8H,9H2,1-2H3,(H,20,21). The molecular formula is C17H15ClN2O3. The first-order valence-corrected chi connectivity index (χ1v) is 7.45. The van der Waals surface area contributed by atoms with Crippen LogP contribution in [0, 0.1) is 13.8 Å². The molecular weight excluding hydrogens is 316 g/mol. The van der Waals surface area contributed by atoms with Crippen LogP contribution in [0.1, 0.15) is 11.5 Å². The van der Waals surface area contributed by atoms with E-state index in [9.17, 15) is 4.79 Å². The van der Waals surface area contributed by atoms with E-state index in [0.29, 0.717) is 33.4 Å². The van der Waals surface area contributed by atoms with Crippen molar-refractivity contribution in [2.75, 3.05) is 11.9 Å². The van der Waals surface area contributed by atoms with Gasteiger partial charge in [-0.05, 0) is 48.9 Å². The van der Waals surface area contributed by atoms with Gasteiger partial charge in [-0.2, -0.15) is 0 Å². The van der Waals surface area contributed by atoms with Crippen molar-refractivity contribution in [2.45, 2.75) is 13.8 Å². The summed E-state index contributed by atoms with van der Waals surface area (Å²) in [6.45, 7) is 3.57. The van der Waals surface area contributed by atoms with E-state index >= 15 is 0 Å². The number of rotatable bonds is 4. The van der Waals surface area contributed by atoms with Crippen LogP contribution >= 0.6 is 11.6 Å². The summed E-state index contributed by atoms with van der Waals surface area (Å²) in [5.41, 5.74) is 2.92. The molecule has 3 rings (SSSR count). The average Bonchev–Trinajstić information content (AvgIpc) is 2.85. The molecule has 0 aliphatic rings. The van der Waals surface area contributed by atoms with Gasteiger partial charge in [0.25, 0.3) is 5.91 Å². The van der Waals surface area contributed by atoms with E-state index in [1.165, 1.54) is 0 Å². The number of benzene rings is 2. The first-order chi connectivity index (χ1) is 11.0. The number of ether oxygens (including phenoxy) is 1. The van der Waals surface area contributed by atoms with Crippen LogP contribution in [0.3, 0.4) is 0 Å². The van der Waals surface area contributed by atoms with Crippen LogP contribution < -0.4 is 10.1 Å². The molecule has 2 aromatic carbocycles. The Bertz CT molecular complexity index is 873. The summed E-state index contributed by atoms with van der Waals surface area (Å²) in [4.78, 5) is 16.2. The Hall–Kier alpha value is -2.53. The highest BCUT2D eigenvalue weighted by Gasteiger charge is 2.08. The molecule has 0 fully saturated rings. The lowest BCUT2D eigenvalue weighted by molar-refractivity contribution is -0.118. The van der Waals surface area contributed by atoms with Gasteiger partial charge in [0.1, 0.15) is 11.3 Å². The van der Waals surface area contributed by atoms with Crippen LogP contribution in [0.25, 0.3) is 11.1 Å². The number of halogens is 1. The SMILES string of the molecule is Cc1nc2cc(NC(=O)COc3ccc(Cl)cc3C)ccc2o1. The molecule has 0 aliphatic carbocycles. The molecule has 0 aliphatic heterocycles. The zero-order valence-corrected chi connectivity index (χ0v) is 13.5. The number of aromatic nitrogens is 1. The van der Waals surface area contributed by atoms with Crippen molar-refractivity contribution in [1.82, 2.24) is 4.98 Å². The number of carbonyl (C=O) groups is 1. The largest absolute Gasteiger partial charge is 0.483 e. The zero-order chi connectivity index (χ0) is 16.4. The lowest BCUT2D eigenvalue weighted by atomic mass is 10.2. The van der Waals surface area contributed by atoms with Crippen molar-refractivity contribution in [3.63, 3.8) is 0 Å². The van der Waals surface area contributed by atoms with Gasteiger partial charge in [-0.15, -0.1) is 0 Å². The van der Waals surface area contributed by atoms with E-state index in [4.69, 9.17) is 20.8 Å². The molecule has 0 atom stereocenters. The molecule has 1 N–H and O–H groups in total. The molecule has 0 spiro atoms. The third kappa shape index (κ3) is 3.63. The summed E-state index contributed by atoms with van der Waals surface area (Å²) in [6.07, 6.45) is 0. The Labute approximate surface area is 138 Å². The van der Waals surface area contributed by atoms with E-state index in [1.54, 1.807) is 43.3 Å². The summed E-state index contributed by atoms with van der Waals surface area (Å²) in [5, 5.41) is 3.41. The zero-order valence-electron chi connectivity index (χ0n) is 12.7. The second-order valence-electron chi connectivity index (χ2n) is 5.16. The van der Waals surface area contributed by atoms with Gasteiger partial charge in [0.2, 0.25) is 0 Å². The van der Waals surface area contributed by atoms with Crippen molar-refractivity contribution in [3.05, 3.63) is 52.9 Å². The first-order valence-electron chi connectivity index (χ1n) is 7.07. The molecule has 0 saturated carbocycles. The van der Waals surface area contributed by atoms with Crippen molar-refractivity contribution in [1.29, 1.82) is 0 Å². The number of hydrogen-bond acceptors (Lipinski definition) is 4. The maximum atomic E-state index is 12.0. The lowest BCUT2D eigenvalue weighted by Crippen LogP contribution is -2.20. The minimum Gasteiger partial charge on any atom is -0.483 e. The average molecular weight is 331 g/mol. The van der Waals surface area contributed by atoms with E-state index in [0.717, 1.165) is 5.56 Å². The van der Waals surface area contributed by atoms with Gasteiger partial charge in [0, 0.05) is 17.6 Å². The van der Waals surface area contributed by atoms with Crippen molar-refractivity contribution < 1.29 is 13.9 Å². The van der Waals surface area contributed by atoms with Crippen molar-refractivity contribution in [3.8, 4) is 5.75 Å². The topological polar surface area (TPSA) is 64.4 Å². The van der Waals surface area contributed by atoms with Crippen LogP contribution in [0.4, 0.5) is 5.69 Å². The molecule has 5 nitrogen and oxygen atoms in total. The van der Waals surface area contributed by atoms with Gasteiger partial charge >= 0.3 is 0 Å². The number of amides is 1. The van der Waals surface area contributed by atoms with Crippen molar-refractivity contribution >= 4 is 34.3 Å². The van der Waals surface area contributed by atoms with E-state index < -0.39 is 0 Å².